The molecule has 0 bridgehead atoms. The van der Waals surface area contributed by atoms with Gasteiger partial charge < -0.3 is 15.1 Å². The molecule has 0 radical (unpaired) electrons. The largest absolute Gasteiger partial charge is 0.459 e. The van der Waals surface area contributed by atoms with Crippen molar-refractivity contribution in [1.82, 2.24) is 10.6 Å². The molecule has 3 atom stereocenters. The molecule has 1 amide bonds. The SMILES string of the molecule is CC(NC(=O)C1NCCC1C)c1cc2ccccc2o1. The van der Waals surface area contributed by atoms with Crippen molar-refractivity contribution in [3.8, 4) is 0 Å². The molecule has 0 aliphatic carbocycles. The zero-order valence-corrected chi connectivity index (χ0v) is 11.8. The first-order valence-corrected chi connectivity index (χ1v) is 7.17. The summed E-state index contributed by atoms with van der Waals surface area (Å²) in [6.07, 6.45) is 1.05. The van der Waals surface area contributed by atoms with Crippen molar-refractivity contribution < 1.29 is 9.21 Å². The highest BCUT2D eigenvalue weighted by Gasteiger charge is 2.30. The number of carbonyl (C=O) groups is 1. The first-order chi connectivity index (χ1) is 9.65. The third-order valence-corrected chi connectivity index (χ3v) is 4.05. The number of nitrogens with one attached hydrogen (secondary N) is 2. The summed E-state index contributed by atoms with van der Waals surface area (Å²) in [5.41, 5.74) is 0.857. The molecule has 1 saturated heterocycles. The molecule has 1 aromatic heterocycles. The van der Waals surface area contributed by atoms with E-state index in [2.05, 4.69) is 17.6 Å². The zero-order chi connectivity index (χ0) is 14.1. The van der Waals surface area contributed by atoms with Gasteiger partial charge in [0.25, 0.3) is 0 Å². The second-order valence-corrected chi connectivity index (χ2v) is 5.61. The lowest BCUT2D eigenvalue weighted by Gasteiger charge is -2.18. The van der Waals surface area contributed by atoms with E-state index in [-0.39, 0.29) is 18.0 Å². The van der Waals surface area contributed by atoms with E-state index in [1.54, 1.807) is 0 Å². The monoisotopic (exact) mass is 272 g/mol. The van der Waals surface area contributed by atoms with E-state index < -0.39 is 0 Å². The molecule has 3 unspecified atom stereocenters. The fourth-order valence-electron chi connectivity index (χ4n) is 2.78. The number of para-hydroxylation sites is 1. The van der Waals surface area contributed by atoms with Gasteiger partial charge >= 0.3 is 0 Å². The highest BCUT2D eigenvalue weighted by molar-refractivity contribution is 5.83. The predicted octanol–water partition coefficient (Wildman–Crippen LogP) is 2.61. The van der Waals surface area contributed by atoms with Gasteiger partial charge in [0, 0.05) is 5.39 Å². The Labute approximate surface area is 118 Å². The summed E-state index contributed by atoms with van der Waals surface area (Å²) in [6, 6.07) is 9.67. The minimum absolute atomic E-state index is 0.0583. The van der Waals surface area contributed by atoms with E-state index in [1.807, 2.05) is 37.3 Å². The number of amides is 1. The Morgan fingerprint density at radius 2 is 2.25 bits per heavy atom. The van der Waals surface area contributed by atoms with E-state index >= 15 is 0 Å². The van der Waals surface area contributed by atoms with Gasteiger partial charge in [0.2, 0.25) is 5.91 Å². The van der Waals surface area contributed by atoms with Crippen LogP contribution in [0.2, 0.25) is 0 Å². The molecule has 0 spiro atoms. The van der Waals surface area contributed by atoms with Crippen LogP contribution in [0.25, 0.3) is 11.0 Å². The van der Waals surface area contributed by atoms with Crippen LogP contribution < -0.4 is 10.6 Å². The molecule has 1 aliphatic rings. The Hall–Kier alpha value is -1.81. The van der Waals surface area contributed by atoms with Gasteiger partial charge in [-0.15, -0.1) is 0 Å². The van der Waals surface area contributed by atoms with Crippen LogP contribution in [-0.2, 0) is 4.79 Å². The van der Waals surface area contributed by atoms with Crippen LogP contribution in [0, 0.1) is 5.92 Å². The predicted molar refractivity (Wildman–Crippen MR) is 78.3 cm³/mol. The van der Waals surface area contributed by atoms with E-state index in [9.17, 15) is 4.79 Å². The highest BCUT2D eigenvalue weighted by Crippen LogP contribution is 2.24. The lowest BCUT2D eigenvalue weighted by atomic mass is 10.0. The van der Waals surface area contributed by atoms with Crippen LogP contribution in [0.4, 0.5) is 0 Å². The van der Waals surface area contributed by atoms with Crippen LogP contribution in [0.5, 0.6) is 0 Å². The van der Waals surface area contributed by atoms with Crippen LogP contribution in [0.3, 0.4) is 0 Å². The summed E-state index contributed by atoms with van der Waals surface area (Å²) in [7, 11) is 0. The minimum Gasteiger partial charge on any atom is -0.459 e. The van der Waals surface area contributed by atoms with E-state index in [1.165, 1.54) is 0 Å². The second kappa shape index (κ2) is 5.29. The highest BCUT2D eigenvalue weighted by atomic mass is 16.3. The van der Waals surface area contributed by atoms with Crippen molar-refractivity contribution in [1.29, 1.82) is 0 Å². The number of benzene rings is 1. The average molecular weight is 272 g/mol. The molecule has 2 N–H and O–H groups in total. The summed E-state index contributed by atoms with van der Waals surface area (Å²) in [5, 5.41) is 7.35. The van der Waals surface area contributed by atoms with Gasteiger partial charge in [0.05, 0.1) is 12.1 Å². The van der Waals surface area contributed by atoms with Gasteiger partial charge in [0.15, 0.2) is 0 Å². The summed E-state index contributed by atoms with van der Waals surface area (Å²) in [4.78, 5) is 12.2. The van der Waals surface area contributed by atoms with Crippen LogP contribution in [-0.4, -0.2) is 18.5 Å². The summed E-state index contributed by atoms with van der Waals surface area (Å²) < 4.78 is 5.79. The zero-order valence-electron chi connectivity index (χ0n) is 11.8. The van der Waals surface area contributed by atoms with E-state index in [0.717, 1.165) is 29.7 Å². The topological polar surface area (TPSA) is 54.3 Å². The lowest BCUT2D eigenvalue weighted by molar-refractivity contribution is -0.124. The molecule has 3 rings (SSSR count). The number of fused-ring (bicyclic) bond motifs is 1. The average Bonchev–Trinajstić information content (AvgIpc) is 3.04. The number of hydrogen-bond donors (Lipinski definition) is 2. The van der Waals surface area contributed by atoms with Crippen molar-refractivity contribution in [3.05, 3.63) is 36.1 Å². The van der Waals surface area contributed by atoms with Crippen molar-refractivity contribution in [2.75, 3.05) is 6.54 Å². The summed E-state index contributed by atoms with van der Waals surface area (Å²) in [5.74, 6) is 1.24. The first kappa shape index (κ1) is 13.2. The summed E-state index contributed by atoms with van der Waals surface area (Å²) in [6.45, 7) is 4.98. The van der Waals surface area contributed by atoms with E-state index in [0.29, 0.717) is 5.92 Å². The van der Waals surface area contributed by atoms with Gasteiger partial charge in [0.1, 0.15) is 11.3 Å². The number of rotatable bonds is 3. The molecule has 1 aliphatic heterocycles. The molecule has 0 saturated carbocycles. The molecule has 20 heavy (non-hydrogen) atoms. The van der Waals surface area contributed by atoms with Crippen LogP contribution >= 0.6 is 0 Å². The Morgan fingerprint density at radius 1 is 1.45 bits per heavy atom. The van der Waals surface area contributed by atoms with Crippen molar-refractivity contribution in [3.63, 3.8) is 0 Å². The normalized spacial score (nSPS) is 23.9. The molecular formula is C16H20N2O2. The van der Waals surface area contributed by atoms with Crippen molar-refractivity contribution in [2.45, 2.75) is 32.4 Å². The van der Waals surface area contributed by atoms with Gasteiger partial charge in [-0.05, 0) is 37.9 Å². The Kier molecular flexibility index (Phi) is 3.49. The van der Waals surface area contributed by atoms with Gasteiger partial charge in [-0.1, -0.05) is 25.1 Å². The molecule has 4 heteroatoms. The maximum atomic E-state index is 12.2. The third-order valence-electron chi connectivity index (χ3n) is 4.05. The third kappa shape index (κ3) is 2.43. The Balaban J connectivity index is 1.72. The fourth-order valence-corrected chi connectivity index (χ4v) is 2.78. The minimum atomic E-state index is -0.121. The Bertz CT molecular complexity index is 587. The summed E-state index contributed by atoms with van der Waals surface area (Å²) >= 11 is 0. The first-order valence-electron chi connectivity index (χ1n) is 7.17. The van der Waals surface area contributed by atoms with Crippen molar-refractivity contribution >= 4 is 16.9 Å². The van der Waals surface area contributed by atoms with Gasteiger partial charge in [-0.3, -0.25) is 4.79 Å². The number of hydrogen-bond acceptors (Lipinski definition) is 3. The maximum absolute atomic E-state index is 12.2. The molecule has 1 fully saturated rings. The van der Waals surface area contributed by atoms with Gasteiger partial charge in [-0.25, -0.2) is 0 Å². The van der Waals surface area contributed by atoms with Crippen LogP contribution in [0.15, 0.2) is 34.7 Å². The van der Waals surface area contributed by atoms with Crippen molar-refractivity contribution in [2.24, 2.45) is 5.92 Å². The fraction of sp³-hybridized carbons (Fsp3) is 0.438. The molecule has 2 heterocycles. The maximum Gasteiger partial charge on any atom is 0.237 e. The molecule has 106 valence electrons. The molecular weight excluding hydrogens is 252 g/mol. The number of carbonyl (C=O) groups excluding carboxylic acids is 1. The number of furan rings is 1. The van der Waals surface area contributed by atoms with E-state index in [4.69, 9.17) is 4.42 Å². The second-order valence-electron chi connectivity index (χ2n) is 5.61. The molecule has 1 aromatic carbocycles. The lowest BCUT2D eigenvalue weighted by Crippen LogP contribution is -2.44. The van der Waals surface area contributed by atoms with Gasteiger partial charge in [-0.2, -0.15) is 0 Å². The molecule has 2 aromatic rings. The molecule has 4 nitrogen and oxygen atoms in total. The Morgan fingerprint density at radius 3 is 2.95 bits per heavy atom. The quantitative estimate of drug-likeness (QED) is 0.903. The standard InChI is InChI=1S/C16H20N2O2/c1-10-7-8-17-15(10)16(19)18-11(2)14-9-12-5-3-4-6-13(12)20-14/h3-6,9-11,15,17H,7-8H2,1-2H3,(H,18,19). The van der Waals surface area contributed by atoms with Crippen LogP contribution in [0.1, 0.15) is 32.1 Å². The smallest absolute Gasteiger partial charge is 0.237 e.